The Balaban J connectivity index is 1.27. The summed E-state index contributed by atoms with van der Waals surface area (Å²) in [6.45, 7) is 2.30. The minimum Gasteiger partial charge on any atom is -0.432 e. The van der Waals surface area contributed by atoms with Crippen LogP contribution in [0.3, 0.4) is 0 Å². The number of piperidine rings is 2. The van der Waals surface area contributed by atoms with E-state index in [1.165, 1.54) is 0 Å². The van der Waals surface area contributed by atoms with Crippen LogP contribution < -0.4 is 16.0 Å². The summed E-state index contributed by atoms with van der Waals surface area (Å²) in [7, 11) is 0. The minimum atomic E-state index is -0.970. The molecule has 1 unspecified atom stereocenters. The van der Waals surface area contributed by atoms with Crippen LogP contribution in [0.1, 0.15) is 63.6 Å². The van der Waals surface area contributed by atoms with Crippen LogP contribution in [0.5, 0.6) is 0 Å². The summed E-state index contributed by atoms with van der Waals surface area (Å²) in [6, 6.07) is 4.43. The summed E-state index contributed by atoms with van der Waals surface area (Å²) in [5.74, 6) is -1.67. The van der Waals surface area contributed by atoms with E-state index in [2.05, 4.69) is 20.9 Å². The van der Waals surface area contributed by atoms with Crippen molar-refractivity contribution in [2.75, 3.05) is 18.4 Å². The summed E-state index contributed by atoms with van der Waals surface area (Å²) < 4.78 is 5.54. The molecule has 1 aromatic heterocycles. The molecule has 0 bridgehead atoms. The second-order valence-electron chi connectivity index (χ2n) is 8.28. The zero-order valence-corrected chi connectivity index (χ0v) is 17.3. The van der Waals surface area contributed by atoms with E-state index in [9.17, 15) is 19.2 Å². The van der Waals surface area contributed by atoms with Gasteiger partial charge in [-0.1, -0.05) is 6.07 Å². The van der Waals surface area contributed by atoms with Crippen molar-refractivity contribution in [3.63, 3.8) is 0 Å². The summed E-state index contributed by atoms with van der Waals surface area (Å²) in [5.41, 5.74) is 2.22. The number of amides is 4. The topological polar surface area (TPSA) is 134 Å². The number of fused-ring (bicyclic) bond motifs is 1. The van der Waals surface area contributed by atoms with Gasteiger partial charge in [0.2, 0.25) is 11.8 Å². The van der Waals surface area contributed by atoms with E-state index in [4.69, 9.17) is 4.42 Å². The molecule has 2 aromatic rings. The van der Waals surface area contributed by atoms with E-state index < -0.39 is 29.7 Å². The molecule has 0 spiro atoms. The van der Waals surface area contributed by atoms with Crippen molar-refractivity contribution in [3.05, 3.63) is 46.8 Å². The number of hydrogen-bond donors (Lipinski definition) is 3. The molecule has 0 aliphatic carbocycles. The van der Waals surface area contributed by atoms with Gasteiger partial charge in [0.05, 0.1) is 16.8 Å². The monoisotopic (exact) mass is 437 g/mol. The Kier molecular flexibility index (Phi) is 5.22. The molecule has 3 N–H and O–H groups in total. The lowest BCUT2D eigenvalue weighted by atomic mass is 9.95. The number of rotatable bonds is 5. The number of aromatic nitrogens is 1. The normalized spacial score (nSPS) is 21.6. The maximum absolute atomic E-state index is 12.9. The molecule has 3 aliphatic rings. The van der Waals surface area contributed by atoms with Gasteiger partial charge < -0.3 is 15.1 Å². The highest BCUT2D eigenvalue weighted by Gasteiger charge is 2.44. The first-order chi connectivity index (χ1) is 15.5. The van der Waals surface area contributed by atoms with Gasteiger partial charge in [-0.05, 0) is 50.0 Å². The van der Waals surface area contributed by atoms with Crippen LogP contribution in [0.15, 0.2) is 28.9 Å². The molecular weight excluding hydrogens is 414 g/mol. The zero-order valence-electron chi connectivity index (χ0n) is 17.3. The van der Waals surface area contributed by atoms with Crippen LogP contribution in [-0.2, 0) is 16.1 Å². The van der Waals surface area contributed by atoms with E-state index in [-0.39, 0.29) is 24.0 Å². The van der Waals surface area contributed by atoms with Gasteiger partial charge in [0.15, 0.2) is 0 Å². The summed E-state index contributed by atoms with van der Waals surface area (Å²) in [4.78, 5) is 54.8. The molecular formula is C22H23N5O5. The van der Waals surface area contributed by atoms with E-state index in [0.717, 1.165) is 42.1 Å². The lowest BCUT2D eigenvalue weighted by Crippen LogP contribution is -2.54. The summed E-state index contributed by atoms with van der Waals surface area (Å²) in [5, 5.41) is 8.64. The Morgan fingerprint density at radius 2 is 1.84 bits per heavy atom. The number of imide groups is 2. The van der Waals surface area contributed by atoms with Crippen LogP contribution in [-0.4, -0.2) is 52.6 Å². The maximum Gasteiger partial charge on any atom is 0.295 e. The molecule has 5 rings (SSSR count). The third kappa shape index (κ3) is 3.66. The van der Waals surface area contributed by atoms with Crippen LogP contribution in [0.2, 0.25) is 0 Å². The second-order valence-corrected chi connectivity index (χ2v) is 8.28. The first-order valence-corrected chi connectivity index (χ1v) is 10.8. The van der Waals surface area contributed by atoms with Crippen molar-refractivity contribution in [2.24, 2.45) is 0 Å². The zero-order chi connectivity index (χ0) is 22.2. The Bertz CT molecular complexity index is 1100. The molecule has 2 fully saturated rings. The largest absolute Gasteiger partial charge is 0.432 e. The average Bonchev–Trinajstić information content (AvgIpc) is 3.37. The summed E-state index contributed by atoms with van der Waals surface area (Å²) >= 11 is 0. The number of carbonyl (C=O) groups is 4. The number of anilines is 1. The average molecular weight is 437 g/mol. The maximum atomic E-state index is 12.9. The molecule has 4 heterocycles. The lowest BCUT2D eigenvalue weighted by Gasteiger charge is -2.27. The molecule has 0 saturated carbocycles. The standard InChI is InChI=1S/C22H23N5O5/c28-18-4-3-17(19(29)26-18)27-20(30)14-2-1-12(9-15(14)21(27)31)10-24-22-25-16(11-32-22)13-5-7-23-8-6-13/h1-2,9,11,13,17,23H,3-8,10H2,(H,24,25)(H,26,28,29). The Morgan fingerprint density at radius 3 is 2.62 bits per heavy atom. The molecule has 10 nitrogen and oxygen atoms in total. The summed E-state index contributed by atoms with van der Waals surface area (Å²) in [6.07, 6.45) is 3.96. The lowest BCUT2D eigenvalue weighted by molar-refractivity contribution is -0.136. The van der Waals surface area contributed by atoms with E-state index >= 15 is 0 Å². The van der Waals surface area contributed by atoms with E-state index in [1.807, 2.05) is 0 Å². The third-order valence-electron chi connectivity index (χ3n) is 6.23. The fraction of sp³-hybridized carbons (Fsp3) is 0.409. The predicted octanol–water partition coefficient (Wildman–Crippen LogP) is 1.15. The molecule has 166 valence electrons. The van der Waals surface area contributed by atoms with Crippen LogP contribution in [0.25, 0.3) is 0 Å². The molecule has 4 amide bonds. The van der Waals surface area contributed by atoms with Gasteiger partial charge >= 0.3 is 0 Å². The Hall–Kier alpha value is -3.53. The van der Waals surface area contributed by atoms with E-state index in [1.54, 1.807) is 24.5 Å². The Labute approximate surface area is 183 Å². The SMILES string of the molecule is O=C1CCC(N2C(=O)c3ccc(CNc4nc(C5CCNCC5)co4)cc3C2=O)C(=O)N1. The molecule has 2 saturated heterocycles. The van der Waals surface area contributed by atoms with Crippen molar-refractivity contribution < 1.29 is 23.6 Å². The number of nitrogens with one attached hydrogen (secondary N) is 3. The number of oxazole rings is 1. The third-order valence-corrected chi connectivity index (χ3v) is 6.23. The first-order valence-electron chi connectivity index (χ1n) is 10.8. The van der Waals surface area contributed by atoms with Crippen LogP contribution in [0.4, 0.5) is 6.01 Å². The van der Waals surface area contributed by atoms with Gasteiger partial charge in [0.25, 0.3) is 17.8 Å². The molecule has 3 aliphatic heterocycles. The molecule has 10 heteroatoms. The molecule has 0 radical (unpaired) electrons. The second kappa shape index (κ2) is 8.19. The molecule has 32 heavy (non-hydrogen) atoms. The van der Waals surface area contributed by atoms with Gasteiger partial charge in [-0.15, -0.1) is 0 Å². The first kappa shape index (κ1) is 20.4. The fourth-order valence-electron chi connectivity index (χ4n) is 4.48. The highest BCUT2D eigenvalue weighted by atomic mass is 16.4. The quantitative estimate of drug-likeness (QED) is 0.594. The van der Waals surface area contributed by atoms with E-state index in [0.29, 0.717) is 18.5 Å². The van der Waals surface area contributed by atoms with Crippen molar-refractivity contribution >= 4 is 29.6 Å². The number of benzene rings is 1. The van der Waals surface area contributed by atoms with Crippen LogP contribution >= 0.6 is 0 Å². The van der Waals surface area contributed by atoms with Gasteiger partial charge in [-0.3, -0.25) is 29.4 Å². The van der Waals surface area contributed by atoms with Gasteiger partial charge in [0.1, 0.15) is 12.3 Å². The number of hydrogen-bond acceptors (Lipinski definition) is 8. The van der Waals surface area contributed by atoms with Gasteiger partial charge in [0, 0.05) is 18.9 Å². The number of nitrogens with zero attached hydrogens (tertiary/aromatic N) is 2. The highest BCUT2D eigenvalue weighted by molar-refractivity contribution is 6.23. The predicted molar refractivity (Wildman–Crippen MR) is 112 cm³/mol. The fourth-order valence-corrected chi connectivity index (χ4v) is 4.48. The van der Waals surface area contributed by atoms with Gasteiger partial charge in [-0.2, -0.15) is 4.98 Å². The highest BCUT2D eigenvalue weighted by Crippen LogP contribution is 2.29. The van der Waals surface area contributed by atoms with Crippen molar-refractivity contribution in [1.82, 2.24) is 20.5 Å². The van der Waals surface area contributed by atoms with Crippen molar-refractivity contribution in [2.45, 2.75) is 44.2 Å². The van der Waals surface area contributed by atoms with Crippen molar-refractivity contribution in [3.8, 4) is 0 Å². The van der Waals surface area contributed by atoms with Crippen LogP contribution in [0, 0.1) is 0 Å². The van der Waals surface area contributed by atoms with Crippen molar-refractivity contribution in [1.29, 1.82) is 0 Å². The molecule has 1 atom stereocenters. The smallest absolute Gasteiger partial charge is 0.295 e. The molecule has 1 aromatic carbocycles. The Morgan fingerprint density at radius 1 is 1.06 bits per heavy atom. The van der Waals surface area contributed by atoms with Gasteiger partial charge in [-0.25, -0.2) is 0 Å². The number of carbonyl (C=O) groups excluding carboxylic acids is 4. The minimum absolute atomic E-state index is 0.0918.